The lowest BCUT2D eigenvalue weighted by atomic mass is 9.77. The van der Waals surface area contributed by atoms with Crippen molar-refractivity contribution in [1.29, 1.82) is 0 Å². The van der Waals surface area contributed by atoms with Gasteiger partial charge in [0.1, 0.15) is 0 Å². The van der Waals surface area contributed by atoms with Crippen LogP contribution in [0, 0.1) is 0 Å². The Balaban J connectivity index is 1.66. The number of rotatable bonds is 2. The average molecular weight is 306 g/mol. The minimum atomic E-state index is -0.302. The Bertz CT molecular complexity index is 748. The van der Waals surface area contributed by atoms with Gasteiger partial charge in [0.2, 0.25) is 0 Å². The molecule has 1 fully saturated rings. The van der Waals surface area contributed by atoms with Gasteiger partial charge in [-0.2, -0.15) is 0 Å². The molecule has 1 aliphatic carbocycles. The summed E-state index contributed by atoms with van der Waals surface area (Å²) in [6, 6.07) is 15.3. The minimum Gasteiger partial charge on any atom is -0.399 e. The van der Waals surface area contributed by atoms with Gasteiger partial charge in [0.05, 0.1) is 11.2 Å². The molecule has 118 valence electrons. The molecular weight excluding hydrogens is 283 g/mol. The summed E-state index contributed by atoms with van der Waals surface area (Å²) < 4.78 is 12.3. The van der Waals surface area contributed by atoms with Gasteiger partial charge in [-0.25, -0.2) is 0 Å². The molecule has 0 unspecified atom stereocenters. The lowest BCUT2D eigenvalue weighted by molar-refractivity contribution is 0.00578. The van der Waals surface area contributed by atoms with E-state index in [1.807, 2.05) is 0 Å². The van der Waals surface area contributed by atoms with Crippen LogP contribution in [0.15, 0.2) is 42.5 Å². The molecule has 0 bridgehead atoms. The third kappa shape index (κ3) is 2.43. The highest BCUT2D eigenvalue weighted by Gasteiger charge is 2.51. The third-order valence-corrected chi connectivity index (χ3v) is 5.62. The van der Waals surface area contributed by atoms with Crippen LogP contribution in [-0.2, 0) is 22.2 Å². The van der Waals surface area contributed by atoms with E-state index in [0.29, 0.717) is 0 Å². The van der Waals surface area contributed by atoms with E-state index in [2.05, 4.69) is 70.2 Å². The molecule has 0 aromatic heterocycles. The molecule has 0 N–H and O–H groups in total. The predicted molar refractivity (Wildman–Crippen MR) is 95.0 cm³/mol. The number of benzene rings is 2. The van der Waals surface area contributed by atoms with Crippen LogP contribution in [-0.4, -0.2) is 18.3 Å². The second-order valence-corrected chi connectivity index (χ2v) is 7.70. The van der Waals surface area contributed by atoms with E-state index in [1.165, 1.54) is 35.1 Å². The zero-order chi connectivity index (χ0) is 16.2. The van der Waals surface area contributed by atoms with Crippen LogP contribution >= 0.6 is 0 Å². The summed E-state index contributed by atoms with van der Waals surface area (Å²) in [6.07, 6.45) is 2.43. The van der Waals surface area contributed by atoms with E-state index in [0.717, 1.165) is 5.46 Å². The summed E-state index contributed by atoms with van der Waals surface area (Å²) in [4.78, 5) is 0. The van der Waals surface area contributed by atoms with Crippen molar-refractivity contribution in [3.05, 3.63) is 53.6 Å². The summed E-state index contributed by atoms with van der Waals surface area (Å²) >= 11 is 0. The first-order valence-electron chi connectivity index (χ1n) is 8.43. The van der Waals surface area contributed by atoms with E-state index < -0.39 is 0 Å². The van der Waals surface area contributed by atoms with E-state index in [9.17, 15) is 0 Å². The molecular formula is C20H23BO2. The van der Waals surface area contributed by atoms with Crippen LogP contribution in [0.4, 0.5) is 0 Å². The van der Waals surface area contributed by atoms with Crippen LogP contribution in [0.3, 0.4) is 0 Å². The Hall–Kier alpha value is -1.58. The topological polar surface area (TPSA) is 18.5 Å². The first-order chi connectivity index (χ1) is 10.9. The first kappa shape index (κ1) is 15.0. The molecule has 0 saturated carbocycles. The number of fused-ring (bicyclic) bond motifs is 1. The largest absolute Gasteiger partial charge is 0.494 e. The Morgan fingerprint density at radius 3 is 2.04 bits per heavy atom. The Morgan fingerprint density at radius 2 is 1.43 bits per heavy atom. The molecule has 0 spiro atoms. The Labute approximate surface area is 139 Å². The standard InChI is InChI=1S/C20H23BO2/c1-19(2)20(3,4)23-21(22-19)18-7-5-6-15(13-18)17-11-9-14-8-10-16(14)12-17/h5-7,9,11-13H,8,10H2,1-4H3. The maximum absolute atomic E-state index is 6.17. The van der Waals surface area contributed by atoms with Crippen molar-refractivity contribution in [2.24, 2.45) is 0 Å². The van der Waals surface area contributed by atoms with E-state index in [1.54, 1.807) is 0 Å². The number of aryl methyl sites for hydroxylation is 2. The van der Waals surface area contributed by atoms with Gasteiger partial charge < -0.3 is 9.31 Å². The van der Waals surface area contributed by atoms with Gasteiger partial charge in [-0.1, -0.05) is 42.5 Å². The zero-order valence-corrected chi connectivity index (χ0v) is 14.3. The molecule has 23 heavy (non-hydrogen) atoms. The normalized spacial score (nSPS) is 21.0. The molecule has 1 heterocycles. The first-order valence-corrected chi connectivity index (χ1v) is 8.43. The van der Waals surface area contributed by atoms with E-state index in [-0.39, 0.29) is 18.3 Å². The maximum atomic E-state index is 6.17. The van der Waals surface area contributed by atoms with Crippen molar-refractivity contribution < 1.29 is 9.31 Å². The third-order valence-electron chi connectivity index (χ3n) is 5.62. The minimum absolute atomic E-state index is 0.299. The second-order valence-electron chi connectivity index (χ2n) is 7.70. The van der Waals surface area contributed by atoms with Gasteiger partial charge in [-0.05, 0) is 68.3 Å². The summed E-state index contributed by atoms with van der Waals surface area (Å²) in [5.41, 5.74) is 5.98. The Morgan fingerprint density at radius 1 is 0.783 bits per heavy atom. The molecule has 0 atom stereocenters. The molecule has 0 amide bonds. The molecule has 3 heteroatoms. The molecule has 0 radical (unpaired) electrons. The average Bonchev–Trinajstić information content (AvgIpc) is 2.69. The highest BCUT2D eigenvalue weighted by Crippen LogP contribution is 2.36. The summed E-state index contributed by atoms with van der Waals surface area (Å²) in [5, 5.41) is 0. The van der Waals surface area contributed by atoms with Crippen molar-refractivity contribution in [1.82, 2.24) is 0 Å². The summed E-state index contributed by atoms with van der Waals surface area (Å²) in [7, 11) is -0.299. The summed E-state index contributed by atoms with van der Waals surface area (Å²) in [6.45, 7) is 8.36. The monoisotopic (exact) mass is 306 g/mol. The van der Waals surface area contributed by atoms with Crippen LogP contribution in [0.2, 0.25) is 0 Å². The van der Waals surface area contributed by atoms with Crippen molar-refractivity contribution in [3.8, 4) is 11.1 Å². The predicted octanol–water partition coefficient (Wildman–Crippen LogP) is 3.75. The van der Waals surface area contributed by atoms with Crippen LogP contribution in [0.25, 0.3) is 11.1 Å². The maximum Gasteiger partial charge on any atom is 0.494 e. The fourth-order valence-corrected chi connectivity index (χ4v) is 3.22. The van der Waals surface area contributed by atoms with Crippen molar-refractivity contribution in [2.45, 2.75) is 51.7 Å². The Kier molecular flexibility index (Phi) is 3.23. The highest BCUT2D eigenvalue weighted by atomic mass is 16.7. The molecule has 2 aromatic rings. The fraction of sp³-hybridized carbons (Fsp3) is 0.400. The van der Waals surface area contributed by atoms with Crippen molar-refractivity contribution in [2.75, 3.05) is 0 Å². The molecule has 1 aliphatic heterocycles. The SMILES string of the molecule is CC1(C)OB(c2cccc(-c3ccc4c(c3)CC4)c2)OC1(C)C. The van der Waals surface area contributed by atoms with Crippen LogP contribution < -0.4 is 5.46 Å². The lowest BCUT2D eigenvalue weighted by Gasteiger charge is -2.32. The smallest absolute Gasteiger partial charge is 0.399 e. The van der Waals surface area contributed by atoms with Gasteiger partial charge in [0.25, 0.3) is 0 Å². The van der Waals surface area contributed by atoms with Gasteiger partial charge >= 0.3 is 7.12 Å². The van der Waals surface area contributed by atoms with Crippen LogP contribution in [0.5, 0.6) is 0 Å². The fourth-order valence-electron chi connectivity index (χ4n) is 3.22. The van der Waals surface area contributed by atoms with Gasteiger partial charge in [-0.3, -0.25) is 0 Å². The van der Waals surface area contributed by atoms with Gasteiger partial charge in [-0.15, -0.1) is 0 Å². The molecule has 2 aromatic carbocycles. The van der Waals surface area contributed by atoms with Gasteiger partial charge in [0.15, 0.2) is 0 Å². The van der Waals surface area contributed by atoms with Crippen LogP contribution in [0.1, 0.15) is 38.8 Å². The van der Waals surface area contributed by atoms with Crippen molar-refractivity contribution >= 4 is 12.6 Å². The number of hydrogen-bond donors (Lipinski definition) is 0. The van der Waals surface area contributed by atoms with Gasteiger partial charge in [0, 0.05) is 0 Å². The molecule has 2 nitrogen and oxygen atoms in total. The molecule has 4 rings (SSSR count). The highest BCUT2D eigenvalue weighted by molar-refractivity contribution is 6.62. The molecule has 2 aliphatic rings. The molecule has 1 saturated heterocycles. The van der Waals surface area contributed by atoms with E-state index in [4.69, 9.17) is 9.31 Å². The number of hydrogen-bond acceptors (Lipinski definition) is 2. The summed E-state index contributed by atoms with van der Waals surface area (Å²) in [5.74, 6) is 0. The second kappa shape index (κ2) is 4.96. The van der Waals surface area contributed by atoms with E-state index >= 15 is 0 Å². The zero-order valence-electron chi connectivity index (χ0n) is 14.3. The quantitative estimate of drug-likeness (QED) is 0.787. The lowest BCUT2D eigenvalue weighted by Crippen LogP contribution is -2.41. The van der Waals surface area contributed by atoms with Crippen molar-refractivity contribution in [3.63, 3.8) is 0 Å².